The Hall–Kier alpha value is -1.02. The van der Waals surface area contributed by atoms with E-state index in [1.165, 1.54) is 18.4 Å². The summed E-state index contributed by atoms with van der Waals surface area (Å²) in [7, 11) is 0. The Bertz CT molecular complexity index is 325. The smallest absolute Gasteiger partial charge is 0.119 e. The number of hydrogen-bond donors (Lipinski definition) is 1. The van der Waals surface area contributed by atoms with Crippen molar-refractivity contribution in [3.05, 3.63) is 29.8 Å². The van der Waals surface area contributed by atoms with Crippen molar-refractivity contribution in [1.29, 1.82) is 0 Å². The second-order valence-corrected chi connectivity index (χ2v) is 4.84. The van der Waals surface area contributed by atoms with Crippen molar-refractivity contribution < 1.29 is 4.74 Å². The van der Waals surface area contributed by atoms with Gasteiger partial charge in [-0.15, -0.1) is 0 Å². The van der Waals surface area contributed by atoms with Gasteiger partial charge in [-0.1, -0.05) is 12.1 Å². The Morgan fingerprint density at radius 1 is 1.31 bits per heavy atom. The number of ether oxygens (including phenoxy) is 1. The first kappa shape index (κ1) is 11.5. The third-order valence-electron chi connectivity index (χ3n) is 3.29. The van der Waals surface area contributed by atoms with Crippen LogP contribution < -0.4 is 10.1 Å². The first-order chi connectivity index (χ1) is 7.72. The third kappa shape index (κ3) is 2.76. The Labute approximate surface area is 98.0 Å². The monoisotopic (exact) mass is 219 g/mol. The van der Waals surface area contributed by atoms with Crippen LogP contribution in [0.15, 0.2) is 24.3 Å². The van der Waals surface area contributed by atoms with E-state index in [1.807, 2.05) is 6.92 Å². The van der Waals surface area contributed by atoms with E-state index in [1.54, 1.807) is 0 Å². The van der Waals surface area contributed by atoms with Crippen molar-refractivity contribution in [3.8, 4) is 5.75 Å². The minimum atomic E-state index is 0.299. The molecule has 2 rings (SSSR count). The van der Waals surface area contributed by atoms with E-state index in [0.29, 0.717) is 5.54 Å². The van der Waals surface area contributed by atoms with Crippen LogP contribution in [0.25, 0.3) is 0 Å². The van der Waals surface area contributed by atoms with E-state index in [0.717, 1.165) is 25.3 Å². The van der Waals surface area contributed by atoms with E-state index in [-0.39, 0.29) is 0 Å². The highest BCUT2D eigenvalue weighted by Crippen LogP contribution is 2.24. The van der Waals surface area contributed by atoms with Crippen LogP contribution in [-0.4, -0.2) is 18.7 Å². The maximum absolute atomic E-state index is 5.44. The molecule has 2 nitrogen and oxygen atoms in total. The molecule has 16 heavy (non-hydrogen) atoms. The summed E-state index contributed by atoms with van der Waals surface area (Å²) in [4.78, 5) is 0. The van der Waals surface area contributed by atoms with Crippen LogP contribution >= 0.6 is 0 Å². The standard InChI is InChI=1S/C14H21NO/c1-3-16-13-7-5-12(6-8-13)11-14(2)9-4-10-15-14/h5-8,15H,3-4,9-11H2,1-2H3. The normalized spacial score (nSPS) is 24.6. The molecule has 1 aliphatic heterocycles. The summed E-state index contributed by atoms with van der Waals surface area (Å²) in [5.41, 5.74) is 1.69. The summed E-state index contributed by atoms with van der Waals surface area (Å²) in [5.74, 6) is 0.968. The van der Waals surface area contributed by atoms with Crippen molar-refractivity contribution in [3.63, 3.8) is 0 Å². The molecule has 1 aliphatic rings. The SMILES string of the molecule is CCOc1ccc(CC2(C)CCCN2)cc1. The Balaban J connectivity index is 1.99. The fourth-order valence-electron chi connectivity index (χ4n) is 2.43. The van der Waals surface area contributed by atoms with Crippen LogP contribution in [0.5, 0.6) is 5.75 Å². The van der Waals surface area contributed by atoms with Gasteiger partial charge in [-0.3, -0.25) is 0 Å². The highest BCUT2D eigenvalue weighted by Gasteiger charge is 2.27. The average molecular weight is 219 g/mol. The third-order valence-corrected chi connectivity index (χ3v) is 3.29. The molecule has 1 saturated heterocycles. The zero-order valence-electron chi connectivity index (χ0n) is 10.3. The van der Waals surface area contributed by atoms with Gasteiger partial charge >= 0.3 is 0 Å². The highest BCUT2D eigenvalue weighted by atomic mass is 16.5. The van der Waals surface area contributed by atoms with Crippen LogP contribution in [0.2, 0.25) is 0 Å². The van der Waals surface area contributed by atoms with Crippen molar-refractivity contribution in [2.45, 2.75) is 38.6 Å². The van der Waals surface area contributed by atoms with Crippen LogP contribution in [-0.2, 0) is 6.42 Å². The maximum Gasteiger partial charge on any atom is 0.119 e. The van der Waals surface area contributed by atoms with Gasteiger partial charge in [0.15, 0.2) is 0 Å². The predicted octanol–water partition coefficient (Wildman–Crippen LogP) is 2.77. The van der Waals surface area contributed by atoms with Crippen LogP contribution in [0, 0.1) is 0 Å². The number of rotatable bonds is 4. The van der Waals surface area contributed by atoms with Crippen molar-refractivity contribution in [1.82, 2.24) is 5.32 Å². The molecular weight excluding hydrogens is 198 g/mol. The van der Waals surface area contributed by atoms with Gasteiger partial charge in [0.1, 0.15) is 5.75 Å². The number of hydrogen-bond acceptors (Lipinski definition) is 2. The summed E-state index contributed by atoms with van der Waals surface area (Å²) < 4.78 is 5.44. The highest BCUT2D eigenvalue weighted by molar-refractivity contribution is 5.28. The van der Waals surface area contributed by atoms with Crippen molar-refractivity contribution in [2.75, 3.05) is 13.2 Å². The lowest BCUT2D eigenvalue weighted by atomic mass is 9.91. The van der Waals surface area contributed by atoms with Crippen LogP contribution in [0.4, 0.5) is 0 Å². The van der Waals surface area contributed by atoms with Gasteiger partial charge in [0.2, 0.25) is 0 Å². The molecule has 2 heteroatoms. The van der Waals surface area contributed by atoms with Gasteiger partial charge in [0.05, 0.1) is 6.61 Å². The Morgan fingerprint density at radius 2 is 2.06 bits per heavy atom. The molecule has 0 amide bonds. The molecule has 0 saturated carbocycles. The Kier molecular flexibility index (Phi) is 3.49. The van der Waals surface area contributed by atoms with Gasteiger partial charge in [0, 0.05) is 5.54 Å². The van der Waals surface area contributed by atoms with Crippen LogP contribution in [0.3, 0.4) is 0 Å². The summed E-state index contributed by atoms with van der Waals surface area (Å²) in [5, 5.41) is 3.59. The van der Waals surface area contributed by atoms with Crippen molar-refractivity contribution in [2.24, 2.45) is 0 Å². The predicted molar refractivity (Wildman–Crippen MR) is 67.0 cm³/mol. The average Bonchev–Trinajstić information content (AvgIpc) is 2.68. The van der Waals surface area contributed by atoms with E-state index in [4.69, 9.17) is 4.74 Å². The Morgan fingerprint density at radius 3 is 2.62 bits per heavy atom. The molecule has 1 aromatic carbocycles. The second-order valence-electron chi connectivity index (χ2n) is 4.84. The molecule has 1 unspecified atom stereocenters. The van der Waals surface area contributed by atoms with E-state index in [9.17, 15) is 0 Å². The number of benzene rings is 1. The molecule has 1 aromatic rings. The first-order valence-corrected chi connectivity index (χ1v) is 6.19. The lowest BCUT2D eigenvalue weighted by Crippen LogP contribution is -2.38. The van der Waals surface area contributed by atoms with Crippen molar-refractivity contribution >= 4 is 0 Å². The molecular formula is C14H21NO. The molecule has 88 valence electrons. The van der Waals surface area contributed by atoms with Gasteiger partial charge < -0.3 is 10.1 Å². The van der Waals surface area contributed by atoms with E-state index >= 15 is 0 Å². The lowest BCUT2D eigenvalue weighted by Gasteiger charge is -2.24. The summed E-state index contributed by atoms with van der Waals surface area (Å²) in [6, 6.07) is 8.49. The molecule has 1 heterocycles. The van der Waals surface area contributed by atoms with E-state index in [2.05, 4.69) is 36.5 Å². The molecule has 1 N–H and O–H groups in total. The molecule has 1 fully saturated rings. The largest absolute Gasteiger partial charge is 0.494 e. The maximum atomic E-state index is 5.44. The fraction of sp³-hybridized carbons (Fsp3) is 0.571. The topological polar surface area (TPSA) is 21.3 Å². The van der Waals surface area contributed by atoms with Gasteiger partial charge in [0.25, 0.3) is 0 Å². The molecule has 1 atom stereocenters. The zero-order valence-corrected chi connectivity index (χ0v) is 10.3. The van der Waals surface area contributed by atoms with Gasteiger partial charge in [-0.25, -0.2) is 0 Å². The number of nitrogens with one attached hydrogen (secondary N) is 1. The molecule has 0 spiro atoms. The molecule has 0 aliphatic carbocycles. The zero-order chi connectivity index (χ0) is 11.4. The molecule has 0 bridgehead atoms. The molecule has 0 aromatic heterocycles. The summed E-state index contributed by atoms with van der Waals surface area (Å²) >= 11 is 0. The summed E-state index contributed by atoms with van der Waals surface area (Å²) in [6.45, 7) is 6.22. The second kappa shape index (κ2) is 4.88. The van der Waals surface area contributed by atoms with Gasteiger partial charge in [-0.2, -0.15) is 0 Å². The minimum Gasteiger partial charge on any atom is -0.494 e. The van der Waals surface area contributed by atoms with Crippen LogP contribution in [0.1, 0.15) is 32.3 Å². The first-order valence-electron chi connectivity index (χ1n) is 6.19. The minimum absolute atomic E-state index is 0.299. The quantitative estimate of drug-likeness (QED) is 0.840. The summed E-state index contributed by atoms with van der Waals surface area (Å²) in [6.07, 6.45) is 3.69. The van der Waals surface area contributed by atoms with Gasteiger partial charge in [-0.05, 0) is 57.4 Å². The fourth-order valence-corrected chi connectivity index (χ4v) is 2.43. The van der Waals surface area contributed by atoms with E-state index < -0.39 is 0 Å². The molecule has 0 radical (unpaired) electrons. The lowest BCUT2D eigenvalue weighted by molar-refractivity contribution is 0.340.